The summed E-state index contributed by atoms with van der Waals surface area (Å²) < 4.78 is 15.7. The molecule has 2 aromatic rings. The van der Waals surface area contributed by atoms with Gasteiger partial charge in [-0.15, -0.1) is 0 Å². The SMILES string of the molecule is C=C/C=C\c1c(C)cc(C(C)C)n1-c1ccc(F)c(C)c1. The minimum absolute atomic E-state index is 0.170. The highest BCUT2D eigenvalue weighted by Gasteiger charge is 2.15. The van der Waals surface area contributed by atoms with Crippen molar-refractivity contribution in [3.05, 3.63) is 71.3 Å². The van der Waals surface area contributed by atoms with E-state index in [1.54, 1.807) is 13.0 Å². The summed E-state index contributed by atoms with van der Waals surface area (Å²) >= 11 is 0. The predicted octanol–water partition coefficient (Wildman–Crippen LogP) is 5.56. The molecule has 1 aromatic heterocycles. The summed E-state index contributed by atoms with van der Waals surface area (Å²) in [6, 6.07) is 7.46. The maximum atomic E-state index is 13.5. The Hall–Kier alpha value is -2.09. The lowest BCUT2D eigenvalue weighted by Crippen LogP contribution is -2.04. The van der Waals surface area contributed by atoms with Gasteiger partial charge in [0.05, 0.1) is 0 Å². The third-order valence-electron chi connectivity index (χ3n) is 3.65. The van der Waals surface area contributed by atoms with Crippen LogP contribution < -0.4 is 0 Å². The van der Waals surface area contributed by atoms with Crippen LogP contribution in [0.4, 0.5) is 4.39 Å². The van der Waals surface area contributed by atoms with Gasteiger partial charge in [-0.1, -0.05) is 32.6 Å². The second-order valence-corrected chi connectivity index (χ2v) is 5.66. The van der Waals surface area contributed by atoms with Crippen LogP contribution in [0.2, 0.25) is 0 Å². The lowest BCUT2D eigenvalue weighted by molar-refractivity contribution is 0.617. The highest BCUT2D eigenvalue weighted by atomic mass is 19.1. The van der Waals surface area contributed by atoms with Crippen LogP contribution in [0.25, 0.3) is 11.8 Å². The van der Waals surface area contributed by atoms with Gasteiger partial charge < -0.3 is 4.57 Å². The normalized spacial score (nSPS) is 11.5. The Bertz CT molecular complexity index is 690. The average molecular weight is 283 g/mol. The van der Waals surface area contributed by atoms with Gasteiger partial charge in [-0.3, -0.25) is 0 Å². The Morgan fingerprint density at radius 2 is 1.86 bits per heavy atom. The molecule has 0 saturated heterocycles. The standard InChI is InChI=1S/C19H22FN/c1-6-7-8-18-15(5)12-19(13(2)3)21(18)16-9-10-17(20)14(4)11-16/h6-13H,1H2,2-5H3/b8-7-. The van der Waals surface area contributed by atoms with Gasteiger partial charge in [0.1, 0.15) is 5.82 Å². The van der Waals surface area contributed by atoms with E-state index in [9.17, 15) is 4.39 Å². The first-order valence-corrected chi connectivity index (χ1v) is 7.23. The monoisotopic (exact) mass is 283 g/mol. The van der Waals surface area contributed by atoms with Gasteiger partial charge in [0, 0.05) is 17.1 Å². The molecule has 1 nitrogen and oxygen atoms in total. The second kappa shape index (κ2) is 6.13. The molecule has 2 rings (SSSR count). The molecule has 110 valence electrons. The van der Waals surface area contributed by atoms with Crippen molar-refractivity contribution in [2.75, 3.05) is 0 Å². The van der Waals surface area contributed by atoms with Crippen LogP contribution in [0.5, 0.6) is 0 Å². The zero-order valence-corrected chi connectivity index (χ0v) is 13.2. The van der Waals surface area contributed by atoms with Crippen molar-refractivity contribution < 1.29 is 4.39 Å². The molecule has 0 radical (unpaired) electrons. The zero-order valence-electron chi connectivity index (χ0n) is 13.2. The Morgan fingerprint density at radius 3 is 2.43 bits per heavy atom. The second-order valence-electron chi connectivity index (χ2n) is 5.66. The third kappa shape index (κ3) is 2.99. The number of allylic oxidation sites excluding steroid dienone is 2. The van der Waals surface area contributed by atoms with E-state index < -0.39 is 0 Å². The number of aryl methyl sites for hydroxylation is 2. The molecule has 0 spiro atoms. The number of rotatable bonds is 4. The topological polar surface area (TPSA) is 4.93 Å². The molecule has 0 amide bonds. The zero-order chi connectivity index (χ0) is 15.6. The Morgan fingerprint density at radius 1 is 1.14 bits per heavy atom. The van der Waals surface area contributed by atoms with Gasteiger partial charge in [0.25, 0.3) is 0 Å². The molecule has 0 aliphatic rings. The van der Waals surface area contributed by atoms with Crippen LogP contribution in [-0.4, -0.2) is 4.57 Å². The van der Waals surface area contributed by atoms with Crippen molar-refractivity contribution in [2.45, 2.75) is 33.6 Å². The lowest BCUT2D eigenvalue weighted by Gasteiger charge is -2.15. The van der Waals surface area contributed by atoms with Crippen LogP contribution in [0.3, 0.4) is 0 Å². The van der Waals surface area contributed by atoms with Crippen LogP contribution in [-0.2, 0) is 0 Å². The molecule has 0 N–H and O–H groups in total. The Balaban J connectivity index is 2.71. The summed E-state index contributed by atoms with van der Waals surface area (Å²) in [5.41, 5.74) is 5.20. The maximum Gasteiger partial charge on any atom is 0.126 e. The van der Waals surface area contributed by atoms with Gasteiger partial charge in [-0.2, -0.15) is 0 Å². The third-order valence-corrected chi connectivity index (χ3v) is 3.65. The van der Waals surface area contributed by atoms with E-state index in [-0.39, 0.29) is 5.82 Å². The first-order chi connectivity index (χ1) is 9.95. The molecule has 0 aliphatic heterocycles. The van der Waals surface area contributed by atoms with E-state index in [0.29, 0.717) is 11.5 Å². The quantitative estimate of drug-likeness (QED) is 0.648. The van der Waals surface area contributed by atoms with Crippen LogP contribution in [0.1, 0.15) is 42.3 Å². The molecular weight excluding hydrogens is 261 g/mol. The number of hydrogen-bond donors (Lipinski definition) is 0. The van der Waals surface area contributed by atoms with Crippen LogP contribution in [0, 0.1) is 19.7 Å². The molecule has 0 saturated carbocycles. The van der Waals surface area contributed by atoms with Gasteiger partial charge in [0.2, 0.25) is 0 Å². The van der Waals surface area contributed by atoms with Gasteiger partial charge in [0.15, 0.2) is 0 Å². The molecule has 2 heteroatoms. The van der Waals surface area contributed by atoms with Crippen molar-refractivity contribution >= 4 is 6.08 Å². The smallest absolute Gasteiger partial charge is 0.126 e. The summed E-state index contributed by atoms with van der Waals surface area (Å²) in [4.78, 5) is 0. The van der Waals surface area contributed by atoms with E-state index in [2.05, 4.69) is 38.0 Å². The average Bonchev–Trinajstić information content (AvgIpc) is 2.77. The molecule has 0 atom stereocenters. The van der Waals surface area contributed by atoms with Crippen LogP contribution in [0.15, 0.2) is 43.0 Å². The van der Waals surface area contributed by atoms with Gasteiger partial charge in [-0.05, 0) is 61.2 Å². The van der Waals surface area contributed by atoms with Crippen molar-refractivity contribution in [1.82, 2.24) is 4.57 Å². The molecular formula is C19H22FN. The fourth-order valence-electron chi connectivity index (χ4n) is 2.52. The highest BCUT2D eigenvalue weighted by Crippen LogP contribution is 2.28. The van der Waals surface area contributed by atoms with E-state index >= 15 is 0 Å². The highest BCUT2D eigenvalue weighted by molar-refractivity contribution is 5.58. The van der Waals surface area contributed by atoms with E-state index in [0.717, 1.165) is 11.4 Å². The number of benzene rings is 1. The van der Waals surface area contributed by atoms with Crippen molar-refractivity contribution in [3.63, 3.8) is 0 Å². The molecule has 0 bridgehead atoms. The minimum Gasteiger partial charge on any atom is -0.314 e. The summed E-state index contributed by atoms with van der Waals surface area (Å²) in [7, 11) is 0. The maximum absolute atomic E-state index is 13.5. The number of nitrogens with zero attached hydrogens (tertiary/aromatic N) is 1. The summed E-state index contributed by atoms with van der Waals surface area (Å²) in [6.07, 6.45) is 5.74. The summed E-state index contributed by atoms with van der Waals surface area (Å²) in [6.45, 7) is 12.0. The molecule has 1 heterocycles. The minimum atomic E-state index is -0.170. The summed E-state index contributed by atoms with van der Waals surface area (Å²) in [5.74, 6) is 0.219. The van der Waals surface area contributed by atoms with Crippen molar-refractivity contribution in [1.29, 1.82) is 0 Å². The number of halogens is 1. The molecule has 0 unspecified atom stereocenters. The van der Waals surface area contributed by atoms with E-state index in [1.165, 1.54) is 17.3 Å². The molecule has 21 heavy (non-hydrogen) atoms. The fraction of sp³-hybridized carbons (Fsp3) is 0.263. The van der Waals surface area contributed by atoms with Crippen molar-refractivity contribution in [3.8, 4) is 5.69 Å². The molecule has 0 fully saturated rings. The number of hydrogen-bond acceptors (Lipinski definition) is 0. The first kappa shape index (κ1) is 15.3. The summed E-state index contributed by atoms with van der Waals surface area (Å²) in [5, 5.41) is 0. The molecule has 1 aromatic carbocycles. The number of aromatic nitrogens is 1. The van der Waals surface area contributed by atoms with Gasteiger partial charge >= 0.3 is 0 Å². The van der Waals surface area contributed by atoms with Gasteiger partial charge in [-0.25, -0.2) is 4.39 Å². The fourth-order valence-corrected chi connectivity index (χ4v) is 2.52. The van der Waals surface area contributed by atoms with E-state index in [1.807, 2.05) is 24.3 Å². The largest absolute Gasteiger partial charge is 0.314 e. The molecule has 0 aliphatic carbocycles. The van der Waals surface area contributed by atoms with Crippen molar-refractivity contribution in [2.24, 2.45) is 0 Å². The predicted molar refractivity (Wildman–Crippen MR) is 88.5 cm³/mol. The Kier molecular flexibility index (Phi) is 4.46. The first-order valence-electron chi connectivity index (χ1n) is 7.23. The lowest BCUT2D eigenvalue weighted by atomic mass is 10.1. The Labute approximate surface area is 126 Å². The van der Waals surface area contributed by atoms with E-state index in [4.69, 9.17) is 0 Å². The van der Waals surface area contributed by atoms with Crippen LogP contribution >= 0.6 is 0 Å².